The van der Waals surface area contributed by atoms with E-state index in [0.717, 1.165) is 11.1 Å². The van der Waals surface area contributed by atoms with Gasteiger partial charge in [0, 0.05) is 41.8 Å². The van der Waals surface area contributed by atoms with Gasteiger partial charge in [-0.1, -0.05) is 12.1 Å². The van der Waals surface area contributed by atoms with Crippen LogP contribution in [-0.4, -0.2) is 15.9 Å². The molecule has 0 radical (unpaired) electrons. The van der Waals surface area contributed by atoms with Gasteiger partial charge in [0.25, 0.3) is 5.91 Å². The number of anilines is 1. The Kier molecular flexibility index (Phi) is 5.20. The Labute approximate surface area is 149 Å². The Morgan fingerprint density at radius 3 is 2.64 bits per heavy atom. The van der Waals surface area contributed by atoms with Gasteiger partial charge in [-0.3, -0.25) is 14.6 Å². The van der Waals surface area contributed by atoms with Gasteiger partial charge in [-0.05, 0) is 42.0 Å². The molecule has 3 rings (SSSR count). The Morgan fingerprint density at radius 2 is 1.92 bits per heavy atom. The van der Waals surface area contributed by atoms with Crippen molar-refractivity contribution in [1.29, 1.82) is 0 Å². The summed E-state index contributed by atoms with van der Waals surface area (Å²) >= 11 is 5.44. The van der Waals surface area contributed by atoms with E-state index >= 15 is 0 Å². The standard InChI is InChI=1S/C18H14ClFN4O/c19-24-18(25)14-9-16(13-4-6-21-7-5-13)23-17(10-14)22-11-12-2-1-3-15(20)8-12/h1-10H,11H2,(H,22,23)(H,24,25). The number of pyridine rings is 2. The van der Waals surface area contributed by atoms with Crippen LogP contribution in [0.4, 0.5) is 10.2 Å². The lowest BCUT2D eigenvalue weighted by Crippen LogP contribution is -2.14. The zero-order valence-electron chi connectivity index (χ0n) is 13.0. The first-order valence-corrected chi connectivity index (χ1v) is 7.85. The number of carbonyl (C=O) groups is 1. The molecule has 0 unspecified atom stereocenters. The molecule has 3 aromatic rings. The number of amides is 1. The SMILES string of the molecule is O=C(NCl)c1cc(NCc2cccc(F)c2)nc(-c2ccncc2)c1. The van der Waals surface area contributed by atoms with Crippen molar-refractivity contribution in [2.24, 2.45) is 0 Å². The Bertz CT molecular complexity index is 889. The lowest BCUT2D eigenvalue weighted by molar-refractivity contribution is 0.0982. The Morgan fingerprint density at radius 1 is 1.12 bits per heavy atom. The van der Waals surface area contributed by atoms with Crippen molar-refractivity contribution >= 4 is 23.5 Å². The van der Waals surface area contributed by atoms with E-state index in [9.17, 15) is 9.18 Å². The maximum atomic E-state index is 13.3. The van der Waals surface area contributed by atoms with Gasteiger partial charge in [-0.2, -0.15) is 0 Å². The van der Waals surface area contributed by atoms with Crippen LogP contribution in [0.25, 0.3) is 11.3 Å². The number of hydrogen-bond donors (Lipinski definition) is 2. The van der Waals surface area contributed by atoms with Crippen molar-refractivity contribution in [3.8, 4) is 11.3 Å². The molecule has 0 saturated carbocycles. The molecule has 0 bridgehead atoms. The van der Waals surface area contributed by atoms with Crippen molar-refractivity contribution in [1.82, 2.24) is 14.8 Å². The third-order valence-electron chi connectivity index (χ3n) is 3.51. The first kappa shape index (κ1) is 16.9. The van der Waals surface area contributed by atoms with Crippen LogP contribution in [-0.2, 0) is 6.54 Å². The van der Waals surface area contributed by atoms with Crippen LogP contribution in [0.5, 0.6) is 0 Å². The second kappa shape index (κ2) is 7.72. The van der Waals surface area contributed by atoms with Crippen molar-refractivity contribution in [2.75, 3.05) is 5.32 Å². The summed E-state index contributed by atoms with van der Waals surface area (Å²) in [6.07, 6.45) is 3.29. The molecule has 2 N–H and O–H groups in total. The highest BCUT2D eigenvalue weighted by molar-refractivity contribution is 6.24. The van der Waals surface area contributed by atoms with Crippen LogP contribution in [0.3, 0.4) is 0 Å². The molecule has 25 heavy (non-hydrogen) atoms. The van der Waals surface area contributed by atoms with Gasteiger partial charge >= 0.3 is 0 Å². The van der Waals surface area contributed by atoms with Crippen molar-refractivity contribution in [3.63, 3.8) is 0 Å². The molecular weight excluding hydrogens is 343 g/mol. The van der Waals surface area contributed by atoms with E-state index in [0.29, 0.717) is 23.6 Å². The first-order chi connectivity index (χ1) is 12.2. The van der Waals surface area contributed by atoms with Crippen LogP contribution in [0.15, 0.2) is 60.9 Å². The molecule has 0 fully saturated rings. The summed E-state index contributed by atoms with van der Waals surface area (Å²) in [6, 6.07) is 13.1. The number of aromatic nitrogens is 2. The zero-order chi connectivity index (χ0) is 17.6. The van der Waals surface area contributed by atoms with Crippen molar-refractivity contribution in [2.45, 2.75) is 6.54 Å². The van der Waals surface area contributed by atoms with Gasteiger partial charge in [-0.15, -0.1) is 0 Å². The quantitative estimate of drug-likeness (QED) is 0.683. The summed E-state index contributed by atoms with van der Waals surface area (Å²) in [7, 11) is 0. The lowest BCUT2D eigenvalue weighted by atomic mass is 10.1. The fourth-order valence-electron chi connectivity index (χ4n) is 2.32. The predicted octanol–water partition coefficient (Wildman–Crippen LogP) is 3.78. The minimum absolute atomic E-state index is 0.306. The average Bonchev–Trinajstić information content (AvgIpc) is 2.66. The van der Waals surface area contributed by atoms with Gasteiger partial charge in [-0.25, -0.2) is 9.37 Å². The minimum atomic E-state index is -0.437. The summed E-state index contributed by atoms with van der Waals surface area (Å²) in [5.74, 6) is -0.262. The number of rotatable bonds is 5. The number of hydrogen-bond acceptors (Lipinski definition) is 4. The van der Waals surface area contributed by atoms with E-state index in [4.69, 9.17) is 11.8 Å². The predicted molar refractivity (Wildman–Crippen MR) is 94.5 cm³/mol. The average molecular weight is 357 g/mol. The largest absolute Gasteiger partial charge is 0.366 e. The molecule has 1 aromatic carbocycles. The second-order valence-electron chi connectivity index (χ2n) is 5.27. The number of carbonyl (C=O) groups excluding carboxylic acids is 1. The zero-order valence-corrected chi connectivity index (χ0v) is 13.8. The van der Waals surface area contributed by atoms with Crippen LogP contribution in [0.1, 0.15) is 15.9 Å². The summed E-state index contributed by atoms with van der Waals surface area (Å²) in [4.78, 5) is 22.5. The van der Waals surface area contributed by atoms with Gasteiger partial charge in [0.15, 0.2) is 0 Å². The molecule has 2 heterocycles. The fourth-order valence-corrected chi connectivity index (χ4v) is 2.43. The third kappa shape index (κ3) is 4.30. The number of nitrogens with one attached hydrogen (secondary N) is 2. The van der Waals surface area contributed by atoms with Gasteiger partial charge in [0.05, 0.1) is 5.69 Å². The molecule has 0 aliphatic rings. The van der Waals surface area contributed by atoms with Crippen LogP contribution in [0.2, 0.25) is 0 Å². The van der Waals surface area contributed by atoms with Crippen LogP contribution < -0.4 is 10.2 Å². The highest BCUT2D eigenvalue weighted by Gasteiger charge is 2.11. The molecule has 0 aliphatic carbocycles. The van der Waals surface area contributed by atoms with Crippen molar-refractivity contribution < 1.29 is 9.18 Å². The summed E-state index contributed by atoms with van der Waals surface area (Å²) in [5, 5.41) is 3.10. The molecule has 0 aliphatic heterocycles. The summed E-state index contributed by atoms with van der Waals surface area (Å²) in [6.45, 7) is 0.368. The summed E-state index contributed by atoms with van der Waals surface area (Å²) in [5.41, 5.74) is 2.54. The summed E-state index contributed by atoms with van der Waals surface area (Å²) < 4.78 is 13.3. The van der Waals surface area contributed by atoms with Gasteiger partial charge < -0.3 is 5.32 Å². The fraction of sp³-hybridized carbons (Fsp3) is 0.0556. The number of halogens is 2. The molecule has 7 heteroatoms. The van der Waals surface area contributed by atoms with E-state index in [-0.39, 0.29) is 5.82 Å². The van der Waals surface area contributed by atoms with Crippen molar-refractivity contribution in [3.05, 3.63) is 77.9 Å². The smallest absolute Gasteiger partial charge is 0.265 e. The van der Waals surface area contributed by atoms with Gasteiger partial charge in [0.1, 0.15) is 11.6 Å². The molecule has 0 saturated heterocycles. The maximum Gasteiger partial charge on any atom is 0.265 e. The number of benzene rings is 1. The first-order valence-electron chi connectivity index (χ1n) is 7.47. The topological polar surface area (TPSA) is 66.9 Å². The Balaban J connectivity index is 1.91. The monoisotopic (exact) mass is 356 g/mol. The van der Waals surface area contributed by atoms with Crippen LogP contribution in [0, 0.1) is 5.82 Å². The lowest BCUT2D eigenvalue weighted by Gasteiger charge is -2.10. The molecule has 0 atom stereocenters. The Hall–Kier alpha value is -2.99. The molecule has 2 aromatic heterocycles. The molecule has 126 valence electrons. The number of nitrogens with zero attached hydrogens (tertiary/aromatic N) is 2. The molecule has 0 spiro atoms. The molecular formula is C18H14ClFN4O. The van der Waals surface area contributed by atoms with Gasteiger partial charge in [0.2, 0.25) is 0 Å². The molecule has 1 amide bonds. The minimum Gasteiger partial charge on any atom is -0.366 e. The highest BCUT2D eigenvalue weighted by Crippen LogP contribution is 2.21. The highest BCUT2D eigenvalue weighted by atomic mass is 35.5. The van der Waals surface area contributed by atoms with E-state index < -0.39 is 5.91 Å². The van der Waals surface area contributed by atoms with E-state index in [2.05, 4.69) is 20.1 Å². The normalized spacial score (nSPS) is 10.3. The van der Waals surface area contributed by atoms with E-state index in [1.54, 1.807) is 48.8 Å². The second-order valence-corrected chi connectivity index (χ2v) is 5.46. The van der Waals surface area contributed by atoms with Crippen LogP contribution >= 0.6 is 11.8 Å². The molecule has 5 nitrogen and oxygen atoms in total. The van der Waals surface area contributed by atoms with E-state index in [1.165, 1.54) is 12.1 Å². The van der Waals surface area contributed by atoms with E-state index in [1.807, 2.05) is 0 Å². The third-order valence-corrected chi connectivity index (χ3v) is 3.68. The maximum absolute atomic E-state index is 13.3.